The summed E-state index contributed by atoms with van der Waals surface area (Å²) in [5.74, 6) is 0.736. The number of furan rings is 1. The van der Waals surface area contributed by atoms with Gasteiger partial charge in [-0.1, -0.05) is 43.7 Å². The zero-order valence-corrected chi connectivity index (χ0v) is 12.3. The number of nitrogens with one attached hydrogen (secondary N) is 2. The molecule has 0 bridgehead atoms. The number of benzene rings is 1. The van der Waals surface area contributed by atoms with Crippen LogP contribution in [0.4, 0.5) is 0 Å². The van der Waals surface area contributed by atoms with Crippen LogP contribution < -0.4 is 10.6 Å². The van der Waals surface area contributed by atoms with Crippen molar-refractivity contribution in [2.45, 2.75) is 32.4 Å². The fourth-order valence-corrected chi connectivity index (χ4v) is 2.24. The normalized spacial score (nSPS) is 12.0. The molecule has 4 nitrogen and oxygen atoms in total. The maximum atomic E-state index is 11.9. The summed E-state index contributed by atoms with van der Waals surface area (Å²) in [6.45, 7) is 2.88. The number of carbonyl (C=O) groups is 1. The summed E-state index contributed by atoms with van der Waals surface area (Å²) in [4.78, 5) is 11.9. The molecular weight excluding hydrogens is 264 g/mol. The molecule has 4 heteroatoms. The van der Waals surface area contributed by atoms with Crippen LogP contribution in [0.1, 0.15) is 37.1 Å². The van der Waals surface area contributed by atoms with Gasteiger partial charge in [-0.15, -0.1) is 0 Å². The molecule has 0 fully saturated rings. The molecule has 1 heterocycles. The summed E-state index contributed by atoms with van der Waals surface area (Å²) >= 11 is 0. The molecular formula is C17H22N2O2. The molecule has 2 N–H and O–H groups in total. The van der Waals surface area contributed by atoms with Gasteiger partial charge in [-0.05, 0) is 24.1 Å². The van der Waals surface area contributed by atoms with Crippen LogP contribution in [-0.2, 0) is 11.3 Å². The van der Waals surface area contributed by atoms with Gasteiger partial charge < -0.3 is 15.1 Å². The molecule has 0 radical (unpaired) electrons. The molecule has 112 valence electrons. The van der Waals surface area contributed by atoms with Gasteiger partial charge in [-0.25, -0.2) is 0 Å². The third-order valence-electron chi connectivity index (χ3n) is 3.33. The Morgan fingerprint density at radius 3 is 2.67 bits per heavy atom. The maximum Gasteiger partial charge on any atom is 0.234 e. The van der Waals surface area contributed by atoms with Crippen molar-refractivity contribution >= 4 is 5.91 Å². The van der Waals surface area contributed by atoms with Crippen LogP contribution in [0.5, 0.6) is 0 Å². The summed E-state index contributed by atoms with van der Waals surface area (Å²) < 4.78 is 5.18. The van der Waals surface area contributed by atoms with Crippen molar-refractivity contribution in [2.24, 2.45) is 0 Å². The Labute approximate surface area is 125 Å². The van der Waals surface area contributed by atoms with Gasteiger partial charge in [0.15, 0.2) is 0 Å². The lowest BCUT2D eigenvalue weighted by atomic mass is 10.0. The second-order valence-corrected chi connectivity index (χ2v) is 4.99. The Morgan fingerprint density at radius 1 is 1.19 bits per heavy atom. The van der Waals surface area contributed by atoms with Crippen molar-refractivity contribution in [3.63, 3.8) is 0 Å². The summed E-state index contributed by atoms with van der Waals surface area (Å²) in [7, 11) is 0. The van der Waals surface area contributed by atoms with E-state index < -0.39 is 0 Å². The summed E-state index contributed by atoms with van der Waals surface area (Å²) in [6.07, 6.45) is 3.68. The molecule has 1 aromatic heterocycles. The van der Waals surface area contributed by atoms with Crippen LogP contribution in [0.15, 0.2) is 53.1 Å². The van der Waals surface area contributed by atoms with Crippen LogP contribution in [0.3, 0.4) is 0 Å². The number of hydrogen-bond acceptors (Lipinski definition) is 3. The topological polar surface area (TPSA) is 54.3 Å². The van der Waals surface area contributed by atoms with Crippen molar-refractivity contribution in [2.75, 3.05) is 6.54 Å². The van der Waals surface area contributed by atoms with Crippen molar-refractivity contribution in [1.82, 2.24) is 10.6 Å². The SMILES string of the molecule is CCCC(NCC(=O)NCc1ccco1)c1ccccc1. The van der Waals surface area contributed by atoms with Gasteiger partial charge in [0.2, 0.25) is 5.91 Å². The fourth-order valence-electron chi connectivity index (χ4n) is 2.24. The first-order valence-electron chi connectivity index (χ1n) is 7.37. The lowest BCUT2D eigenvalue weighted by molar-refractivity contribution is -0.120. The van der Waals surface area contributed by atoms with Gasteiger partial charge >= 0.3 is 0 Å². The Balaban J connectivity index is 1.80. The van der Waals surface area contributed by atoms with Crippen molar-refractivity contribution in [1.29, 1.82) is 0 Å². The lowest BCUT2D eigenvalue weighted by Gasteiger charge is -2.18. The van der Waals surface area contributed by atoms with Gasteiger partial charge in [-0.3, -0.25) is 4.79 Å². The minimum Gasteiger partial charge on any atom is -0.467 e. The monoisotopic (exact) mass is 286 g/mol. The summed E-state index contributed by atoms with van der Waals surface area (Å²) in [5.41, 5.74) is 1.22. The smallest absolute Gasteiger partial charge is 0.234 e. The van der Waals surface area contributed by atoms with Crippen LogP contribution >= 0.6 is 0 Å². The van der Waals surface area contributed by atoms with Crippen molar-refractivity contribution in [3.05, 3.63) is 60.1 Å². The number of rotatable bonds is 8. The Morgan fingerprint density at radius 2 is 2.00 bits per heavy atom. The maximum absolute atomic E-state index is 11.9. The van der Waals surface area contributed by atoms with E-state index in [4.69, 9.17) is 4.42 Å². The van der Waals surface area contributed by atoms with Crippen molar-refractivity contribution < 1.29 is 9.21 Å². The van der Waals surface area contributed by atoms with E-state index in [0.29, 0.717) is 13.1 Å². The van der Waals surface area contributed by atoms with E-state index in [1.54, 1.807) is 6.26 Å². The predicted octanol–water partition coefficient (Wildman–Crippen LogP) is 3.03. The highest BCUT2D eigenvalue weighted by molar-refractivity contribution is 5.77. The quantitative estimate of drug-likeness (QED) is 0.784. The minimum atomic E-state index is -0.0246. The highest BCUT2D eigenvalue weighted by Gasteiger charge is 2.11. The van der Waals surface area contributed by atoms with Gasteiger partial charge in [-0.2, -0.15) is 0 Å². The molecule has 2 aromatic rings. The molecule has 0 aliphatic carbocycles. The summed E-state index contributed by atoms with van der Waals surface area (Å²) in [5, 5.41) is 6.16. The van der Waals surface area contributed by atoms with Crippen molar-refractivity contribution in [3.8, 4) is 0 Å². The predicted molar refractivity (Wildman–Crippen MR) is 82.6 cm³/mol. The molecule has 21 heavy (non-hydrogen) atoms. The van der Waals surface area contributed by atoms with E-state index >= 15 is 0 Å². The highest BCUT2D eigenvalue weighted by atomic mass is 16.3. The standard InChI is InChI=1S/C17H22N2O2/c1-2-7-16(14-8-4-3-5-9-14)18-13-17(20)19-12-15-10-6-11-21-15/h3-6,8-11,16,18H,2,7,12-13H2,1H3,(H,19,20). The van der Waals surface area contributed by atoms with Gasteiger partial charge in [0, 0.05) is 6.04 Å². The molecule has 0 aliphatic rings. The first-order valence-corrected chi connectivity index (χ1v) is 7.37. The van der Waals surface area contributed by atoms with E-state index in [9.17, 15) is 4.79 Å². The molecule has 1 unspecified atom stereocenters. The number of hydrogen-bond donors (Lipinski definition) is 2. The zero-order chi connectivity index (χ0) is 14.9. The average molecular weight is 286 g/mol. The van der Waals surface area contributed by atoms with E-state index in [1.807, 2.05) is 30.3 Å². The largest absolute Gasteiger partial charge is 0.467 e. The molecule has 0 saturated carbocycles. The van der Waals surface area contributed by atoms with E-state index in [0.717, 1.165) is 18.6 Å². The molecule has 2 rings (SSSR count). The Kier molecular flexibility index (Phi) is 6.03. The number of amides is 1. The molecule has 1 aromatic carbocycles. The highest BCUT2D eigenvalue weighted by Crippen LogP contribution is 2.17. The third kappa shape index (κ3) is 5.08. The molecule has 1 amide bonds. The second-order valence-electron chi connectivity index (χ2n) is 4.99. The van der Waals surface area contributed by atoms with Crippen LogP contribution in [-0.4, -0.2) is 12.5 Å². The van der Waals surface area contributed by atoms with E-state index in [-0.39, 0.29) is 11.9 Å². The minimum absolute atomic E-state index is 0.0246. The lowest BCUT2D eigenvalue weighted by Crippen LogP contribution is -2.35. The molecule has 0 saturated heterocycles. The first-order chi connectivity index (χ1) is 10.3. The molecule has 0 aliphatic heterocycles. The van der Waals surface area contributed by atoms with E-state index in [1.165, 1.54) is 5.56 Å². The van der Waals surface area contributed by atoms with Gasteiger partial charge in [0.1, 0.15) is 5.76 Å². The van der Waals surface area contributed by atoms with Gasteiger partial charge in [0.05, 0.1) is 19.4 Å². The fraction of sp³-hybridized carbons (Fsp3) is 0.353. The van der Waals surface area contributed by atoms with Crippen LogP contribution in [0, 0.1) is 0 Å². The summed E-state index contributed by atoms with van der Waals surface area (Å²) in [6, 6.07) is 14.1. The first kappa shape index (κ1) is 15.3. The average Bonchev–Trinajstić information content (AvgIpc) is 3.03. The number of carbonyl (C=O) groups excluding carboxylic acids is 1. The Bertz CT molecular complexity index is 523. The molecule has 0 spiro atoms. The third-order valence-corrected chi connectivity index (χ3v) is 3.33. The zero-order valence-electron chi connectivity index (χ0n) is 12.3. The van der Waals surface area contributed by atoms with Gasteiger partial charge in [0.25, 0.3) is 0 Å². The second kappa shape index (κ2) is 8.27. The molecule has 1 atom stereocenters. The van der Waals surface area contributed by atoms with Crippen LogP contribution in [0.2, 0.25) is 0 Å². The van der Waals surface area contributed by atoms with E-state index in [2.05, 4.69) is 29.7 Å². The van der Waals surface area contributed by atoms with Crippen LogP contribution in [0.25, 0.3) is 0 Å². The Hall–Kier alpha value is -2.07.